The molecule has 0 saturated carbocycles. The van der Waals surface area contributed by atoms with Gasteiger partial charge in [0, 0.05) is 14.1 Å². The summed E-state index contributed by atoms with van der Waals surface area (Å²) in [6.45, 7) is 0. The molecule has 2 rings (SSSR count). The molecule has 0 aromatic carbocycles. The van der Waals surface area contributed by atoms with Gasteiger partial charge in [0.15, 0.2) is 11.6 Å². The minimum atomic E-state index is -0.526. The average Bonchev–Trinajstić information content (AvgIpc) is 2.63. The van der Waals surface area contributed by atoms with Crippen LogP contribution in [0.4, 0.5) is 10.2 Å². The molecule has 15 heavy (non-hydrogen) atoms. The number of anilines is 1. The first kappa shape index (κ1) is 10.2. The molecule has 7 heteroatoms. The normalized spacial score (nSPS) is 10.9. The van der Waals surface area contributed by atoms with Crippen LogP contribution in [0.3, 0.4) is 0 Å². The van der Waals surface area contributed by atoms with Gasteiger partial charge >= 0.3 is 0 Å². The number of hydrogen-bond donors (Lipinski definition) is 1. The lowest BCUT2D eigenvalue weighted by Gasteiger charge is -1.98. The van der Waals surface area contributed by atoms with Crippen LogP contribution in [0.15, 0.2) is 10.7 Å². The van der Waals surface area contributed by atoms with E-state index in [4.69, 9.17) is 5.73 Å². The van der Waals surface area contributed by atoms with Gasteiger partial charge in [0.2, 0.25) is 0 Å². The molecule has 2 aromatic heterocycles. The summed E-state index contributed by atoms with van der Waals surface area (Å²) in [4.78, 5) is 0. The maximum atomic E-state index is 13.7. The number of halogens is 2. The summed E-state index contributed by atoms with van der Waals surface area (Å²) in [6.07, 6.45) is 1.58. The van der Waals surface area contributed by atoms with E-state index in [9.17, 15) is 4.39 Å². The fraction of sp³-hybridized carbons (Fsp3) is 0.250. The first-order chi connectivity index (χ1) is 7.02. The van der Waals surface area contributed by atoms with Crippen molar-refractivity contribution in [1.29, 1.82) is 0 Å². The summed E-state index contributed by atoms with van der Waals surface area (Å²) in [5, 5.41) is 7.99. The second-order valence-electron chi connectivity index (χ2n) is 3.14. The Labute approximate surface area is 93.8 Å². The van der Waals surface area contributed by atoms with Crippen molar-refractivity contribution in [2.24, 2.45) is 14.1 Å². The van der Waals surface area contributed by atoms with Crippen molar-refractivity contribution in [3.8, 4) is 11.4 Å². The molecule has 0 fully saturated rings. The summed E-state index contributed by atoms with van der Waals surface area (Å²) in [5.41, 5.74) is 6.25. The van der Waals surface area contributed by atoms with Gasteiger partial charge in [-0.15, -0.1) is 0 Å². The van der Waals surface area contributed by atoms with Crippen molar-refractivity contribution in [2.45, 2.75) is 0 Å². The van der Waals surface area contributed by atoms with Crippen LogP contribution in [0.25, 0.3) is 11.4 Å². The lowest BCUT2D eigenvalue weighted by Crippen LogP contribution is -1.98. The Kier molecular flexibility index (Phi) is 2.26. The number of nitrogen functional groups attached to an aromatic ring is 1. The summed E-state index contributed by atoms with van der Waals surface area (Å²) in [6, 6.07) is 0. The van der Waals surface area contributed by atoms with Crippen LogP contribution in [0.5, 0.6) is 0 Å². The second-order valence-corrected chi connectivity index (χ2v) is 3.99. The zero-order valence-electron chi connectivity index (χ0n) is 8.20. The minimum Gasteiger partial charge on any atom is -0.381 e. The predicted molar refractivity (Wildman–Crippen MR) is 57.5 cm³/mol. The summed E-state index contributed by atoms with van der Waals surface area (Å²) in [7, 11) is 3.30. The minimum absolute atomic E-state index is 0.0121. The molecule has 0 atom stereocenters. The Morgan fingerprint density at radius 2 is 2.07 bits per heavy atom. The van der Waals surface area contributed by atoms with Gasteiger partial charge in [-0.05, 0) is 15.9 Å². The van der Waals surface area contributed by atoms with E-state index in [1.54, 1.807) is 20.3 Å². The van der Waals surface area contributed by atoms with Crippen LogP contribution >= 0.6 is 15.9 Å². The standard InChI is InChI=1S/C8H9BrFN5/c1-14-7(4(9)3-12-14)6-5(10)8(11)15(2)13-6/h3H,11H2,1-2H3. The van der Waals surface area contributed by atoms with Crippen LogP contribution in [-0.4, -0.2) is 19.6 Å². The highest BCUT2D eigenvalue weighted by molar-refractivity contribution is 9.10. The smallest absolute Gasteiger partial charge is 0.194 e. The van der Waals surface area contributed by atoms with Crippen LogP contribution in [0, 0.1) is 5.82 Å². The van der Waals surface area contributed by atoms with Crippen LogP contribution in [0.2, 0.25) is 0 Å². The highest BCUT2D eigenvalue weighted by Crippen LogP contribution is 2.30. The van der Waals surface area contributed by atoms with Crippen molar-refractivity contribution in [3.63, 3.8) is 0 Å². The third kappa shape index (κ3) is 1.43. The number of hydrogen-bond acceptors (Lipinski definition) is 3. The lowest BCUT2D eigenvalue weighted by molar-refractivity contribution is 0.631. The number of aromatic nitrogens is 4. The van der Waals surface area contributed by atoms with Crippen molar-refractivity contribution in [3.05, 3.63) is 16.5 Å². The molecule has 5 nitrogen and oxygen atoms in total. The summed E-state index contributed by atoms with van der Waals surface area (Å²) < 4.78 is 17.2. The maximum absolute atomic E-state index is 13.7. The second kappa shape index (κ2) is 3.34. The van der Waals surface area contributed by atoms with Gasteiger partial charge in [-0.1, -0.05) is 0 Å². The van der Waals surface area contributed by atoms with Crippen molar-refractivity contribution >= 4 is 21.7 Å². The average molecular weight is 274 g/mol. The Hall–Kier alpha value is -1.37. The molecule has 0 aliphatic heterocycles. The molecule has 80 valence electrons. The van der Waals surface area contributed by atoms with E-state index in [-0.39, 0.29) is 11.5 Å². The predicted octanol–water partition coefficient (Wildman–Crippen LogP) is 1.30. The van der Waals surface area contributed by atoms with Gasteiger partial charge in [0.1, 0.15) is 11.4 Å². The van der Waals surface area contributed by atoms with Crippen LogP contribution < -0.4 is 5.73 Å². The molecule has 0 radical (unpaired) electrons. The SMILES string of the molecule is Cn1nc(-c2c(Br)cnn2C)c(F)c1N. The first-order valence-corrected chi connectivity index (χ1v) is 4.97. The molecular formula is C8H9BrFN5. The lowest BCUT2D eigenvalue weighted by atomic mass is 10.3. The molecule has 2 heterocycles. The highest BCUT2D eigenvalue weighted by Gasteiger charge is 2.20. The van der Waals surface area contributed by atoms with Crippen LogP contribution in [0.1, 0.15) is 0 Å². The van der Waals surface area contributed by atoms with E-state index < -0.39 is 5.82 Å². The molecule has 0 unspecified atom stereocenters. The molecule has 0 amide bonds. The third-order valence-electron chi connectivity index (χ3n) is 2.15. The van der Waals surface area contributed by atoms with Gasteiger partial charge in [-0.3, -0.25) is 4.68 Å². The summed E-state index contributed by atoms with van der Waals surface area (Å²) >= 11 is 3.28. The van der Waals surface area contributed by atoms with Gasteiger partial charge in [0.25, 0.3) is 0 Å². The van der Waals surface area contributed by atoms with Crippen LogP contribution in [-0.2, 0) is 14.1 Å². The van der Waals surface area contributed by atoms with E-state index in [0.29, 0.717) is 10.2 Å². The van der Waals surface area contributed by atoms with E-state index in [1.807, 2.05) is 0 Å². The molecule has 0 spiro atoms. The molecule has 2 aromatic rings. The monoisotopic (exact) mass is 273 g/mol. The van der Waals surface area contributed by atoms with Gasteiger partial charge in [-0.2, -0.15) is 10.2 Å². The summed E-state index contributed by atoms with van der Waals surface area (Å²) in [5.74, 6) is -0.514. The fourth-order valence-corrected chi connectivity index (χ4v) is 1.88. The zero-order valence-corrected chi connectivity index (χ0v) is 9.79. The van der Waals surface area contributed by atoms with Gasteiger partial charge < -0.3 is 5.73 Å². The Morgan fingerprint density at radius 1 is 1.40 bits per heavy atom. The third-order valence-corrected chi connectivity index (χ3v) is 2.73. The fourth-order valence-electron chi connectivity index (χ4n) is 1.34. The number of aryl methyl sites for hydroxylation is 2. The molecule has 0 bridgehead atoms. The molecule has 0 aliphatic rings. The highest BCUT2D eigenvalue weighted by atomic mass is 79.9. The Morgan fingerprint density at radius 3 is 2.47 bits per heavy atom. The maximum Gasteiger partial charge on any atom is 0.194 e. The van der Waals surface area contributed by atoms with Gasteiger partial charge in [0.05, 0.1) is 10.7 Å². The van der Waals surface area contributed by atoms with E-state index in [2.05, 4.69) is 26.1 Å². The van der Waals surface area contributed by atoms with Gasteiger partial charge in [-0.25, -0.2) is 9.07 Å². The quantitative estimate of drug-likeness (QED) is 0.852. The Balaban J connectivity index is 2.69. The van der Waals surface area contributed by atoms with Crippen molar-refractivity contribution in [1.82, 2.24) is 19.6 Å². The molecule has 0 aliphatic carbocycles. The first-order valence-electron chi connectivity index (χ1n) is 4.18. The largest absolute Gasteiger partial charge is 0.381 e. The van der Waals surface area contributed by atoms with E-state index >= 15 is 0 Å². The molecule has 2 N–H and O–H groups in total. The zero-order chi connectivity index (χ0) is 11.2. The molecule has 0 saturated heterocycles. The topological polar surface area (TPSA) is 61.7 Å². The van der Waals surface area contributed by atoms with E-state index in [1.165, 1.54) is 9.36 Å². The number of nitrogens with two attached hydrogens (primary N) is 1. The number of nitrogens with zero attached hydrogens (tertiary/aromatic N) is 4. The molecular weight excluding hydrogens is 265 g/mol. The number of rotatable bonds is 1. The van der Waals surface area contributed by atoms with Crippen molar-refractivity contribution in [2.75, 3.05) is 5.73 Å². The Bertz CT molecular complexity index is 496. The van der Waals surface area contributed by atoms with E-state index in [0.717, 1.165) is 0 Å². The van der Waals surface area contributed by atoms with Crippen molar-refractivity contribution < 1.29 is 4.39 Å².